The van der Waals surface area contributed by atoms with Crippen molar-refractivity contribution in [1.82, 2.24) is 0 Å². The summed E-state index contributed by atoms with van der Waals surface area (Å²) in [6.07, 6.45) is 0.960. The lowest BCUT2D eigenvalue weighted by Crippen LogP contribution is -2.45. The Morgan fingerprint density at radius 2 is 2.41 bits per heavy atom. The molecule has 17 heavy (non-hydrogen) atoms. The summed E-state index contributed by atoms with van der Waals surface area (Å²) in [7, 11) is 0. The number of nitrogens with zero attached hydrogens (tertiary/aromatic N) is 2. The number of hydrogen-bond donors (Lipinski definition) is 0. The Morgan fingerprint density at radius 3 is 3.06 bits per heavy atom. The quantitative estimate of drug-likeness (QED) is 0.787. The molecule has 1 atom stereocenters. The van der Waals surface area contributed by atoms with Gasteiger partial charge in [-0.15, -0.1) is 0 Å². The van der Waals surface area contributed by atoms with Gasteiger partial charge in [0.15, 0.2) is 0 Å². The Bertz CT molecular complexity index is 442. The fraction of sp³-hybridized carbons (Fsp3) is 0.462. The highest BCUT2D eigenvalue weighted by molar-refractivity contribution is 5.51. The molecule has 0 aliphatic carbocycles. The maximum atomic E-state index is 13.6. The van der Waals surface area contributed by atoms with E-state index in [2.05, 4.69) is 11.8 Å². The zero-order valence-electron chi connectivity index (χ0n) is 9.82. The highest BCUT2D eigenvalue weighted by Gasteiger charge is 2.22. The zero-order chi connectivity index (χ0) is 12.3. The summed E-state index contributed by atoms with van der Waals surface area (Å²) in [5.74, 6) is -0.452. The van der Waals surface area contributed by atoms with E-state index in [1.54, 1.807) is 6.07 Å². The number of rotatable bonds is 2. The van der Waals surface area contributed by atoms with Crippen LogP contribution in [0.15, 0.2) is 18.2 Å². The van der Waals surface area contributed by atoms with E-state index in [4.69, 9.17) is 10.00 Å². The van der Waals surface area contributed by atoms with Gasteiger partial charge in [0.1, 0.15) is 11.9 Å². The molecule has 0 radical (unpaired) electrons. The molecule has 1 aliphatic heterocycles. The molecule has 0 spiro atoms. The number of ether oxygens (including phenoxy) is 1. The van der Waals surface area contributed by atoms with Gasteiger partial charge in [-0.05, 0) is 24.6 Å². The van der Waals surface area contributed by atoms with Crippen LogP contribution in [0, 0.1) is 17.1 Å². The molecular weight excluding hydrogens is 219 g/mol. The number of nitriles is 1. The summed E-state index contributed by atoms with van der Waals surface area (Å²) in [4.78, 5) is 2.15. The highest BCUT2D eigenvalue weighted by Crippen LogP contribution is 2.23. The molecule has 1 aliphatic rings. The Labute approximate surface area is 100 Å². The van der Waals surface area contributed by atoms with Gasteiger partial charge in [0.25, 0.3) is 0 Å². The van der Waals surface area contributed by atoms with Gasteiger partial charge in [0.05, 0.1) is 24.8 Å². The van der Waals surface area contributed by atoms with E-state index in [9.17, 15) is 4.39 Å². The number of morpholine rings is 1. The first-order valence-electron chi connectivity index (χ1n) is 5.80. The molecule has 2 rings (SSSR count). The number of hydrogen-bond acceptors (Lipinski definition) is 3. The summed E-state index contributed by atoms with van der Waals surface area (Å²) in [5.41, 5.74) is 0.923. The summed E-state index contributed by atoms with van der Waals surface area (Å²) in [6.45, 7) is 4.20. The van der Waals surface area contributed by atoms with Crippen LogP contribution in [0.1, 0.15) is 18.9 Å². The standard InChI is InChI=1S/C13H15FN2O/c1-2-11-9-17-6-5-16(11)12-4-3-10(8-15)13(14)7-12/h3-4,7,11H,2,5-6,9H2,1H3. The van der Waals surface area contributed by atoms with E-state index >= 15 is 0 Å². The van der Waals surface area contributed by atoms with Gasteiger partial charge < -0.3 is 9.64 Å². The topological polar surface area (TPSA) is 36.3 Å². The molecule has 1 aromatic rings. The molecule has 3 nitrogen and oxygen atoms in total. The third-order valence-electron chi connectivity index (χ3n) is 3.10. The lowest BCUT2D eigenvalue weighted by atomic mass is 10.1. The van der Waals surface area contributed by atoms with Crippen LogP contribution in [0.5, 0.6) is 0 Å². The molecule has 0 amide bonds. The van der Waals surface area contributed by atoms with Crippen molar-refractivity contribution < 1.29 is 9.13 Å². The summed E-state index contributed by atoms with van der Waals surface area (Å²) in [5, 5.41) is 8.69. The molecule has 1 aromatic carbocycles. The minimum absolute atomic E-state index is 0.0926. The smallest absolute Gasteiger partial charge is 0.143 e. The normalized spacial score (nSPS) is 20.1. The second-order valence-electron chi connectivity index (χ2n) is 4.11. The van der Waals surface area contributed by atoms with Gasteiger partial charge in [0, 0.05) is 12.2 Å². The van der Waals surface area contributed by atoms with E-state index in [0.29, 0.717) is 13.2 Å². The van der Waals surface area contributed by atoms with Gasteiger partial charge in [-0.1, -0.05) is 6.92 Å². The molecule has 90 valence electrons. The Hall–Kier alpha value is -1.60. The second kappa shape index (κ2) is 5.15. The minimum Gasteiger partial charge on any atom is -0.377 e. The zero-order valence-corrected chi connectivity index (χ0v) is 9.82. The van der Waals surface area contributed by atoms with Crippen molar-refractivity contribution in [2.24, 2.45) is 0 Å². The fourth-order valence-corrected chi connectivity index (χ4v) is 2.11. The summed E-state index contributed by atoms with van der Waals surface area (Å²) < 4.78 is 19.0. The van der Waals surface area contributed by atoms with E-state index in [1.807, 2.05) is 6.07 Å². The predicted octanol–water partition coefficient (Wildman–Crippen LogP) is 2.31. The largest absolute Gasteiger partial charge is 0.377 e. The third-order valence-corrected chi connectivity index (χ3v) is 3.10. The van der Waals surface area contributed by atoms with Gasteiger partial charge in [-0.2, -0.15) is 5.26 Å². The average molecular weight is 234 g/mol. The lowest BCUT2D eigenvalue weighted by Gasteiger charge is -2.37. The highest BCUT2D eigenvalue weighted by atomic mass is 19.1. The second-order valence-corrected chi connectivity index (χ2v) is 4.11. The molecule has 1 saturated heterocycles. The molecule has 1 fully saturated rings. The van der Waals surface area contributed by atoms with Crippen LogP contribution in [0.2, 0.25) is 0 Å². The average Bonchev–Trinajstić information content (AvgIpc) is 2.38. The summed E-state index contributed by atoms with van der Waals surface area (Å²) >= 11 is 0. The van der Waals surface area contributed by atoms with E-state index < -0.39 is 5.82 Å². The molecule has 0 N–H and O–H groups in total. The van der Waals surface area contributed by atoms with Crippen LogP contribution in [-0.4, -0.2) is 25.8 Å². The van der Waals surface area contributed by atoms with Gasteiger partial charge in [-0.3, -0.25) is 0 Å². The molecule has 1 unspecified atom stereocenters. The van der Waals surface area contributed by atoms with Crippen LogP contribution in [-0.2, 0) is 4.74 Å². The van der Waals surface area contributed by atoms with Crippen LogP contribution >= 0.6 is 0 Å². The number of anilines is 1. The predicted molar refractivity (Wildman–Crippen MR) is 63.4 cm³/mol. The van der Waals surface area contributed by atoms with E-state index in [1.165, 1.54) is 12.1 Å². The van der Waals surface area contributed by atoms with Crippen molar-refractivity contribution in [3.05, 3.63) is 29.6 Å². The molecular formula is C13H15FN2O. The Kier molecular flexibility index (Phi) is 3.60. The van der Waals surface area contributed by atoms with Gasteiger partial charge in [-0.25, -0.2) is 4.39 Å². The maximum absolute atomic E-state index is 13.6. The van der Waals surface area contributed by atoms with Gasteiger partial charge in [0.2, 0.25) is 0 Å². The molecule has 1 heterocycles. The minimum atomic E-state index is -0.452. The molecule has 0 aromatic heterocycles. The van der Waals surface area contributed by atoms with E-state index in [0.717, 1.165) is 18.7 Å². The number of halogens is 1. The molecule has 0 bridgehead atoms. The lowest BCUT2D eigenvalue weighted by molar-refractivity contribution is 0.0929. The third kappa shape index (κ3) is 2.40. The summed E-state index contributed by atoms with van der Waals surface area (Å²) in [6, 6.07) is 6.89. The molecule has 0 saturated carbocycles. The van der Waals surface area contributed by atoms with Crippen molar-refractivity contribution in [3.8, 4) is 6.07 Å². The van der Waals surface area contributed by atoms with E-state index in [-0.39, 0.29) is 11.6 Å². The van der Waals surface area contributed by atoms with Crippen LogP contribution < -0.4 is 4.90 Å². The molecule has 4 heteroatoms. The maximum Gasteiger partial charge on any atom is 0.143 e. The first-order valence-corrected chi connectivity index (χ1v) is 5.80. The number of benzene rings is 1. The van der Waals surface area contributed by atoms with Crippen molar-refractivity contribution in [2.45, 2.75) is 19.4 Å². The van der Waals surface area contributed by atoms with Crippen LogP contribution in [0.4, 0.5) is 10.1 Å². The SMILES string of the molecule is CCC1COCCN1c1ccc(C#N)c(F)c1. The van der Waals surface area contributed by atoms with Crippen molar-refractivity contribution in [2.75, 3.05) is 24.7 Å². The van der Waals surface area contributed by atoms with Crippen molar-refractivity contribution in [3.63, 3.8) is 0 Å². The first-order chi connectivity index (χ1) is 8.26. The van der Waals surface area contributed by atoms with Crippen LogP contribution in [0.25, 0.3) is 0 Å². The van der Waals surface area contributed by atoms with Crippen molar-refractivity contribution >= 4 is 5.69 Å². The Balaban J connectivity index is 2.26. The van der Waals surface area contributed by atoms with Gasteiger partial charge >= 0.3 is 0 Å². The van der Waals surface area contributed by atoms with Crippen molar-refractivity contribution in [1.29, 1.82) is 5.26 Å². The Morgan fingerprint density at radius 1 is 1.59 bits per heavy atom. The monoisotopic (exact) mass is 234 g/mol. The first kappa shape index (κ1) is 11.9. The van der Waals surface area contributed by atoms with Crippen LogP contribution in [0.3, 0.4) is 0 Å². The fourth-order valence-electron chi connectivity index (χ4n) is 2.11.